The van der Waals surface area contributed by atoms with Gasteiger partial charge < -0.3 is 0 Å². The highest BCUT2D eigenvalue weighted by Gasteiger charge is 2.25. The number of halogens is 7. The van der Waals surface area contributed by atoms with Crippen LogP contribution in [0.4, 0.5) is 27.6 Å². The average molecular weight is 465 g/mol. The van der Waals surface area contributed by atoms with Crippen LogP contribution in [0.15, 0.2) is 29.4 Å². The molecular formula is C21H19Cl2F5N2. The van der Waals surface area contributed by atoms with E-state index in [1.165, 1.54) is 0 Å². The predicted octanol–water partition coefficient (Wildman–Crippen LogP) is 8.14. The summed E-state index contributed by atoms with van der Waals surface area (Å²) in [5, 5.41) is 4.60. The maximum absolute atomic E-state index is 13.8. The maximum Gasteiger partial charge on any atom is 0.200 e. The molecule has 0 unspecified atom stereocenters. The fraction of sp³-hybridized carbons (Fsp3) is 0.286. The molecule has 162 valence electrons. The summed E-state index contributed by atoms with van der Waals surface area (Å²) in [4.78, 5) is 0. The molecule has 0 amide bonds. The van der Waals surface area contributed by atoms with Crippen LogP contribution >= 0.6 is 23.2 Å². The number of nitrogens with one attached hydrogen (secondary N) is 1. The highest BCUT2D eigenvalue weighted by atomic mass is 35.5. The first-order valence-corrected chi connectivity index (χ1v) is 9.99. The minimum absolute atomic E-state index is 0.347. The van der Waals surface area contributed by atoms with Crippen molar-refractivity contribution in [3.8, 4) is 0 Å². The van der Waals surface area contributed by atoms with Gasteiger partial charge in [0, 0.05) is 0 Å². The Labute approximate surface area is 181 Å². The van der Waals surface area contributed by atoms with Gasteiger partial charge in [0.2, 0.25) is 5.82 Å². The molecule has 2 aromatic carbocycles. The van der Waals surface area contributed by atoms with E-state index in [-0.39, 0.29) is 0 Å². The third-order valence-electron chi connectivity index (χ3n) is 4.22. The van der Waals surface area contributed by atoms with Crippen molar-refractivity contribution in [3.05, 3.63) is 69.0 Å². The molecule has 2 nitrogen and oxygen atoms in total. The molecule has 30 heavy (non-hydrogen) atoms. The molecular weight excluding hydrogens is 446 g/mol. The van der Waals surface area contributed by atoms with Crippen LogP contribution in [0.25, 0.3) is 6.08 Å². The van der Waals surface area contributed by atoms with Crippen molar-refractivity contribution in [2.24, 2.45) is 5.10 Å². The third-order valence-corrected chi connectivity index (χ3v) is 4.96. The summed E-state index contributed by atoms with van der Waals surface area (Å²) in [7, 11) is 0. The standard InChI is InChI=1S/C21H19Cl2F5N2/c1-2-3-4-5-6-13(9-7-12-8-10-14(22)15(23)11-12)29-30-21-19(27)17(25)16(24)18(26)20(21)28/h7-11,30H,2-6H2,1H3/b9-7+,29-13?. The molecule has 0 heterocycles. The van der Waals surface area contributed by atoms with Gasteiger partial charge in [-0.2, -0.15) is 5.10 Å². The van der Waals surface area contributed by atoms with Crippen molar-refractivity contribution in [2.75, 3.05) is 5.43 Å². The number of hydrogen-bond donors (Lipinski definition) is 1. The minimum Gasteiger partial charge on any atom is -0.272 e. The molecule has 0 aromatic heterocycles. The Morgan fingerprint density at radius 2 is 1.53 bits per heavy atom. The first-order chi connectivity index (χ1) is 14.3. The van der Waals surface area contributed by atoms with E-state index < -0.39 is 34.8 Å². The summed E-state index contributed by atoms with van der Waals surface area (Å²) in [6.45, 7) is 2.05. The average Bonchev–Trinajstić information content (AvgIpc) is 2.73. The minimum atomic E-state index is -2.22. The fourth-order valence-electron chi connectivity index (χ4n) is 2.55. The number of allylic oxidation sites excluding steroid dienone is 1. The summed E-state index contributed by atoms with van der Waals surface area (Å²) in [5.41, 5.74) is 1.83. The van der Waals surface area contributed by atoms with Crippen molar-refractivity contribution in [1.82, 2.24) is 0 Å². The highest BCUT2D eigenvalue weighted by molar-refractivity contribution is 6.42. The Kier molecular flexibility index (Phi) is 9.11. The first kappa shape index (κ1) is 24.2. The second kappa shape index (κ2) is 11.3. The molecule has 0 radical (unpaired) electrons. The second-order valence-electron chi connectivity index (χ2n) is 6.48. The van der Waals surface area contributed by atoms with Crippen LogP contribution in [0.1, 0.15) is 44.6 Å². The molecule has 0 aliphatic rings. The van der Waals surface area contributed by atoms with Gasteiger partial charge in [-0.15, -0.1) is 0 Å². The lowest BCUT2D eigenvalue weighted by Gasteiger charge is -2.09. The summed E-state index contributed by atoms with van der Waals surface area (Å²) in [6.07, 6.45) is 7.30. The monoisotopic (exact) mass is 464 g/mol. The molecule has 0 spiro atoms. The molecule has 0 aliphatic heterocycles. The van der Waals surface area contributed by atoms with Gasteiger partial charge in [0.1, 0.15) is 5.69 Å². The Bertz CT molecular complexity index is 932. The molecule has 0 bridgehead atoms. The van der Waals surface area contributed by atoms with Gasteiger partial charge in [0.05, 0.1) is 15.8 Å². The van der Waals surface area contributed by atoms with Crippen LogP contribution in [0.3, 0.4) is 0 Å². The molecule has 2 rings (SSSR count). The van der Waals surface area contributed by atoms with Gasteiger partial charge in [-0.05, 0) is 36.6 Å². The number of hydrazone groups is 1. The van der Waals surface area contributed by atoms with Crippen LogP contribution in [-0.2, 0) is 0 Å². The SMILES string of the molecule is CCCCCCC(/C=C/c1ccc(Cl)c(Cl)c1)=NNc1c(F)c(F)c(F)c(F)c1F. The normalized spacial score (nSPS) is 12.1. The van der Waals surface area contributed by atoms with E-state index in [0.717, 1.165) is 25.7 Å². The smallest absolute Gasteiger partial charge is 0.200 e. The van der Waals surface area contributed by atoms with E-state index in [4.69, 9.17) is 23.2 Å². The van der Waals surface area contributed by atoms with Crippen LogP contribution < -0.4 is 5.43 Å². The molecule has 0 saturated carbocycles. The number of anilines is 1. The maximum atomic E-state index is 13.8. The topological polar surface area (TPSA) is 24.4 Å². The zero-order valence-electron chi connectivity index (χ0n) is 16.0. The largest absolute Gasteiger partial charge is 0.272 e. The number of benzene rings is 2. The molecule has 9 heteroatoms. The van der Waals surface area contributed by atoms with Crippen molar-refractivity contribution in [2.45, 2.75) is 39.0 Å². The number of unbranched alkanes of at least 4 members (excludes halogenated alkanes) is 3. The lowest BCUT2D eigenvalue weighted by molar-refractivity contribution is 0.381. The van der Waals surface area contributed by atoms with E-state index in [1.54, 1.807) is 30.4 Å². The summed E-state index contributed by atoms with van der Waals surface area (Å²) < 4.78 is 67.6. The molecule has 0 atom stereocenters. The van der Waals surface area contributed by atoms with Gasteiger partial charge in [0.15, 0.2) is 23.3 Å². The molecule has 0 aliphatic carbocycles. The summed E-state index contributed by atoms with van der Waals surface area (Å²) in [5.74, 6) is -10.3. The van der Waals surface area contributed by atoms with Gasteiger partial charge in [-0.25, -0.2) is 22.0 Å². The Morgan fingerprint density at radius 3 is 2.13 bits per heavy atom. The van der Waals surface area contributed by atoms with E-state index in [9.17, 15) is 22.0 Å². The molecule has 0 saturated heterocycles. The third kappa shape index (κ3) is 6.19. The Hall–Kier alpha value is -2.12. The highest BCUT2D eigenvalue weighted by Crippen LogP contribution is 2.27. The van der Waals surface area contributed by atoms with Gasteiger partial charge in [-0.3, -0.25) is 5.43 Å². The molecule has 0 fully saturated rings. The van der Waals surface area contributed by atoms with Crippen molar-refractivity contribution < 1.29 is 22.0 Å². The summed E-state index contributed by atoms with van der Waals surface area (Å²) in [6, 6.07) is 4.93. The lowest BCUT2D eigenvalue weighted by atomic mass is 10.1. The predicted molar refractivity (Wildman–Crippen MR) is 112 cm³/mol. The lowest BCUT2D eigenvalue weighted by Crippen LogP contribution is -2.08. The fourth-order valence-corrected chi connectivity index (χ4v) is 2.86. The quantitative estimate of drug-likeness (QED) is 0.0992. The Morgan fingerprint density at radius 1 is 0.900 bits per heavy atom. The molecule has 1 N–H and O–H groups in total. The van der Waals surface area contributed by atoms with E-state index >= 15 is 0 Å². The van der Waals surface area contributed by atoms with Gasteiger partial charge >= 0.3 is 0 Å². The molecule has 2 aromatic rings. The van der Waals surface area contributed by atoms with E-state index in [2.05, 4.69) is 5.10 Å². The van der Waals surface area contributed by atoms with Crippen molar-refractivity contribution in [1.29, 1.82) is 0 Å². The summed E-state index contributed by atoms with van der Waals surface area (Å²) >= 11 is 11.8. The zero-order valence-corrected chi connectivity index (χ0v) is 17.5. The van der Waals surface area contributed by atoms with Crippen LogP contribution in [0, 0.1) is 29.1 Å². The van der Waals surface area contributed by atoms with Crippen LogP contribution in [-0.4, -0.2) is 5.71 Å². The van der Waals surface area contributed by atoms with Gasteiger partial charge in [-0.1, -0.05) is 61.5 Å². The van der Waals surface area contributed by atoms with Crippen LogP contribution in [0.5, 0.6) is 0 Å². The van der Waals surface area contributed by atoms with E-state index in [0.29, 0.717) is 27.7 Å². The first-order valence-electron chi connectivity index (χ1n) is 9.23. The second-order valence-corrected chi connectivity index (χ2v) is 7.29. The van der Waals surface area contributed by atoms with Crippen LogP contribution in [0.2, 0.25) is 10.0 Å². The zero-order chi connectivity index (χ0) is 22.3. The Balaban J connectivity index is 2.29. The van der Waals surface area contributed by atoms with Crippen molar-refractivity contribution >= 4 is 40.7 Å². The van der Waals surface area contributed by atoms with Gasteiger partial charge in [0.25, 0.3) is 0 Å². The number of hydrogen-bond acceptors (Lipinski definition) is 2. The number of rotatable bonds is 9. The van der Waals surface area contributed by atoms with E-state index in [1.807, 2.05) is 12.3 Å². The number of nitrogens with zero attached hydrogens (tertiary/aromatic N) is 1. The van der Waals surface area contributed by atoms with Crippen molar-refractivity contribution in [3.63, 3.8) is 0 Å².